The lowest BCUT2D eigenvalue weighted by Gasteiger charge is -2.22. The van der Waals surface area contributed by atoms with Gasteiger partial charge in [0.2, 0.25) is 5.91 Å². The van der Waals surface area contributed by atoms with Gasteiger partial charge in [-0.3, -0.25) is 4.79 Å². The number of aryl methyl sites for hydroxylation is 1. The third-order valence-corrected chi connectivity index (χ3v) is 6.98. The maximum Gasteiger partial charge on any atom is 0.224 e. The maximum absolute atomic E-state index is 12.4. The summed E-state index contributed by atoms with van der Waals surface area (Å²) in [5.41, 5.74) is 1.88. The van der Waals surface area contributed by atoms with Crippen LogP contribution in [0, 0.1) is 0 Å². The number of amides is 1. The number of ether oxygens (including phenoxy) is 2. The smallest absolute Gasteiger partial charge is 0.224 e. The number of methoxy groups -OCH3 is 1. The van der Waals surface area contributed by atoms with Gasteiger partial charge in [-0.15, -0.1) is 0 Å². The van der Waals surface area contributed by atoms with Crippen LogP contribution in [-0.4, -0.2) is 19.6 Å². The predicted octanol–water partition coefficient (Wildman–Crippen LogP) is 7.93. The normalized spacial score (nSPS) is 10.9. The highest BCUT2D eigenvalue weighted by Crippen LogP contribution is 2.32. The molecule has 0 bridgehead atoms. The van der Waals surface area contributed by atoms with E-state index < -0.39 is 0 Å². The molecule has 0 saturated heterocycles. The summed E-state index contributed by atoms with van der Waals surface area (Å²) in [7, 11) is 3.63. The van der Waals surface area contributed by atoms with E-state index >= 15 is 0 Å². The van der Waals surface area contributed by atoms with Gasteiger partial charge in [-0.1, -0.05) is 90.4 Å². The number of aromatic nitrogens is 1. The minimum atomic E-state index is -0.00800. The third-order valence-electron chi connectivity index (χ3n) is 6.98. The van der Waals surface area contributed by atoms with Crippen molar-refractivity contribution in [3.05, 3.63) is 48.3 Å². The van der Waals surface area contributed by atoms with E-state index in [4.69, 9.17) is 9.47 Å². The topological polar surface area (TPSA) is 42.7 Å². The Morgan fingerprint density at radius 1 is 0.784 bits per heavy atom. The lowest BCUT2D eigenvalue weighted by Crippen LogP contribution is -2.30. The molecule has 0 aliphatic rings. The van der Waals surface area contributed by atoms with Crippen LogP contribution in [0.4, 0.5) is 5.69 Å². The van der Waals surface area contributed by atoms with Crippen LogP contribution in [0.3, 0.4) is 0 Å². The molecule has 0 aliphatic heterocycles. The Morgan fingerprint density at radius 2 is 1.32 bits per heavy atom. The number of hydrogen-bond acceptors (Lipinski definition) is 3. The summed E-state index contributed by atoms with van der Waals surface area (Å²) in [6.45, 7) is 5.07. The van der Waals surface area contributed by atoms with Gasteiger partial charge in [0.05, 0.1) is 20.3 Å². The number of hydrogen-bond donors (Lipinski definition) is 0. The predicted molar refractivity (Wildman–Crippen MR) is 153 cm³/mol. The Hall–Kier alpha value is -2.56. The maximum atomic E-state index is 12.4. The Morgan fingerprint density at radius 3 is 1.84 bits per heavy atom. The second-order valence-electron chi connectivity index (χ2n) is 10.3. The summed E-state index contributed by atoms with van der Waals surface area (Å²) < 4.78 is 13.6. The molecular weight excluding hydrogens is 460 g/mol. The van der Waals surface area contributed by atoms with E-state index in [1.54, 1.807) is 18.9 Å². The second-order valence-corrected chi connectivity index (χ2v) is 10.3. The average molecular weight is 512 g/mol. The summed E-state index contributed by atoms with van der Waals surface area (Å²) in [6.07, 6.45) is 22.8. The van der Waals surface area contributed by atoms with Crippen molar-refractivity contribution < 1.29 is 18.8 Å². The Balaban J connectivity index is 1.65. The molecule has 0 unspecified atom stereocenters. The zero-order chi connectivity index (χ0) is 26.7. The van der Waals surface area contributed by atoms with E-state index in [1.807, 2.05) is 54.3 Å². The van der Waals surface area contributed by atoms with Crippen molar-refractivity contribution in [2.24, 2.45) is 7.05 Å². The van der Waals surface area contributed by atoms with Gasteiger partial charge in [0, 0.05) is 30.8 Å². The van der Waals surface area contributed by atoms with Crippen molar-refractivity contribution in [1.29, 1.82) is 0 Å². The van der Waals surface area contributed by atoms with Crippen molar-refractivity contribution in [3.8, 4) is 11.5 Å². The van der Waals surface area contributed by atoms with Crippen LogP contribution >= 0.6 is 0 Å². The van der Waals surface area contributed by atoms with Gasteiger partial charge in [-0.2, -0.15) is 0 Å². The molecule has 1 heterocycles. The number of nitrogens with zero attached hydrogens (tertiary/aromatic N) is 2. The van der Waals surface area contributed by atoms with Gasteiger partial charge >= 0.3 is 0 Å². The lowest BCUT2D eigenvalue weighted by molar-refractivity contribution is -0.671. The number of benzene rings is 1. The Bertz CT molecular complexity index is 882. The van der Waals surface area contributed by atoms with Gasteiger partial charge < -0.3 is 14.4 Å². The lowest BCUT2D eigenvalue weighted by atomic mass is 10.0. The number of rotatable bonds is 20. The molecule has 1 amide bonds. The molecule has 37 heavy (non-hydrogen) atoms. The number of pyridine rings is 1. The number of unbranched alkanes of at least 4 members (excludes halogenated alkanes) is 13. The Labute approximate surface area is 226 Å². The van der Waals surface area contributed by atoms with Crippen LogP contribution in [0.15, 0.2) is 42.7 Å². The highest BCUT2D eigenvalue weighted by atomic mass is 16.5. The highest BCUT2D eigenvalue weighted by Gasteiger charge is 2.16. The molecule has 0 fully saturated rings. The molecule has 1 aromatic carbocycles. The monoisotopic (exact) mass is 511 g/mol. The first-order chi connectivity index (χ1) is 18.0. The van der Waals surface area contributed by atoms with Crippen LogP contribution in [0.1, 0.15) is 109 Å². The van der Waals surface area contributed by atoms with E-state index in [-0.39, 0.29) is 5.91 Å². The van der Waals surface area contributed by atoms with Gasteiger partial charge in [-0.25, -0.2) is 4.57 Å². The summed E-state index contributed by atoms with van der Waals surface area (Å²) in [4.78, 5) is 14.1. The van der Waals surface area contributed by atoms with Crippen molar-refractivity contribution in [3.63, 3.8) is 0 Å². The van der Waals surface area contributed by atoms with Crippen LogP contribution in [0.5, 0.6) is 11.5 Å². The van der Waals surface area contributed by atoms with Crippen LogP contribution in [0.25, 0.3) is 0 Å². The van der Waals surface area contributed by atoms with E-state index in [2.05, 4.69) is 6.92 Å². The van der Waals surface area contributed by atoms with Gasteiger partial charge in [0.15, 0.2) is 23.9 Å². The van der Waals surface area contributed by atoms with Gasteiger partial charge in [0.1, 0.15) is 7.05 Å². The molecule has 0 N–H and O–H groups in total. The van der Waals surface area contributed by atoms with Crippen LogP contribution in [0.2, 0.25) is 0 Å². The standard InChI is InChI=1S/C32H51N2O3/c1-5-6-7-8-9-10-11-12-13-14-15-16-17-18-25-37-31-20-19-30(26-32(31)36-4)34(28(2)35)27-29-21-23-33(3)24-22-29/h19-24,26H,5-18,25,27H2,1-4H3/q+1. The zero-order valence-electron chi connectivity index (χ0n) is 24.0. The fraction of sp³-hybridized carbons (Fsp3) is 0.625. The SMILES string of the molecule is CCCCCCCCCCCCCCCCOc1ccc(N(Cc2cc[n+](C)cc2)C(C)=O)cc1OC. The summed E-state index contributed by atoms with van der Waals surface area (Å²) in [5, 5.41) is 0. The molecule has 5 heteroatoms. The molecule has 0 radical (unpaired) electrons. The average Bonchev–Trinajstić information content (AvgIpc) is 2.90. The largest absolute Gasteiger partial charge is 0.493 e. The fourth-order valence-electron chi connectivity index (χ4n) is 4.63. The molecule has 2 rings (SSSR count). The molecule has 1 aromatic heterocycles. The summed E-state index contributed by atoms with van der Waals surface area (Å²) in [5.74, 6) is 1.39. The van der Waals surface area contributed by atoms with Crippen LogP contribution in [-0.2, 0) is 18.4 Å². The molecule has 5 nitrogen and oxygen atoms in total. The van der Waals surface area contributed by atoms with E-state index in [1.165, 1.54) is 83.5 Å². The van der Waals surface area contributed by atoms with Crippen molar-refractivity contribution in [2.75, 3.05) is 18.6 Å². The molecule has 0 atom stereocenters. The van der Waals surface area contributed by atoms with Crippen molar-refractivity contribution in [2.45, 2.75) is 110 Å². The number of carbonyl (C=O) groups excluding carboxylic acids is 1. The third kappa shape index (κ3) is 12.5. The van der Waals surface area contributed by atoms with Crippen molar-refractivity contribution >= 4 is 11.6 Å². The highest BCUT2D eigenvalue weighted by molar-refractivity contribution is 5.91. The van der Waals surface area contributed by atoms with Crippen LogP contribution < -0.4 is 18.9 Å². The van der Waals surface area contributed by atoms with Gasteiger partial charge in [0.25, 0.3) is 0 Å². The minimum Gasteiger partial charge on any atom is -0.493 e. The molecular formula is C32H51N2O3+. The minimum absolute atomic E-state index is 0.00800. The quantitative estimate of drug-likeness (QED) is 0.134. The first kappa shape index (κ1) is 30.7. The zero-order valence-corrected chi connectivity index (χ0v) is 24.0. The molecule has 0 spiro atoms. The first-order valence-electron chi connectivity index (χ1n) is 14.6. The van der Waals surface area contributed by atoms with Crippen molar-refractivity contribution in [1.82, 2.24) is 0 Å². The molecule has 0 aliphatic carbocycles. The molecule has 206 valence electrons. The second kappa shape index (κ2) is 18.6. The number of carbonyl (C=O) groups is 1. The van der Waals surface area contributed by atoms with E-state index in [9.17, 15) is 4.79 Å². The summed E-state index contributed by atoms with van der Waals surface area (Å²) in [6, 6.07) is 9.81. The van der Waals surface area contributed by atoms with Gasteiger partial charge in [-0.05, 0) is 24.1 Å². The van der Waals surface area contributed by atoms with E-state index in [0.29, 0.717) is 18.9 Å². The number of anilines is 1. The van der Waals surface area contributed by atoms with E-state index in [0.717, 1.165) is 23.4 Å². The fourth-order valence-corrected chi connectivity index (χ4v) is 4.63. The Kier molecular flexibility index (Phi) is 15.5. The first-order valence-corrected chi connectivity index (χ1v) is 14.6. The molecule has 2 aromatic rings. The summed E-state index contributed by atoms with van der Waals surface area (Å²) >= 11 is 0. The molecule has 0 saturated carbocycles.